The van der Waals surface area contributed by atoms with Crippen molar-refractivity contribution in [3.8, 4) is 0 Å². The maximum absolute atomic E-state index is 13.8. The number of amides is 2. The van der Waals surface area contributed by atoms with Gasteiger partial charge in [-0.15, -0.1) is 0 Å². The molecule has 1 N–H and O–H groups in total. The fraction of sp³-hybridized carbons (Fsp3) is 0.677. The number of nitrogens with zero attached hydrogens (tertiary/aromatic N) is 4. The van der Waals surface area contributed by atoms with Crippen molar-refractivity contribution in [2.45, 2.75) is 129 Å². The number of ether oxygens (including phenoxy) is 1. The van der Waals surface area contributed by atoms with Crippen molar-refractivity contribution in [1.29, 1.82) is 0 Å². The van der Waals surface area contributed by atoms with E-state index in [2.05, 4.69) is 22.4 Å². The Hall–Kier alpha value is -2.90. The number of rotatable bonds is 10. The molecule has 1 unspecified atom stereocenters. The van der Waals surface area contributed by atoms with Crippen molar-refractivity contribution in [3.05, 3.63) is 48.0 Å². The van der Waals surface area contributed by atoms with Crippen LogP contribution in [0.3, 0.4) is 0 Å². The maximum atomic E-state index is 13.8. The molecule has 2 saturated carbocycles. The van der Waals surface area contributed by atoms with Gasteiger partial charge in [0.25, 0.3) is 0 Å². The molecule has 39 heavy (non-hydrogen) atoms. The lowest BCUT2D eigenvalue weighted by Crippen LogP contribution is -2.45. The molecular formula is C31H47N5O3. The Balaban J connectivity index is 1.42. The molecule has 0 aliphatic heterocycles. The average molecular weight is 538 g/mol. The first-order valence-corrected chi connectivity index (χ1v) is 15.0. The second-order valence-electron chi connectivity index (χ2n) is 12.3. The van der Waals surface area contributed by atoms with Gasteiger partial charge >= 0.3 is 6.09 Å². The van der Waals surface area contributed by atoms with E-state index in [1.807, 2.05) is 48.6 Å². The minimum absolute atomic E-state index is 0.0551. The Morgan fingerprint density at radius 2 is 1.69 bits per heavy atom. The van der Waals surface area contributed by atoms with E-state index in [9.17, 15) is 9.59 Å². The van der Waals surface area contributed by atoms with E-state index in [1.165, 1.54) is 31.2 Å². The molecule has 2 aromatic rings. The lowest BCUT2D eigenvalue weighted by molar-refractivity contribution is -0.135. The molecular weight excluding hydrogens is 490 g/mol. The molecule has 2 aliphatic carbocycles. The highest BCUT2D eigenvalue weighted by Crippen LogP contribution is 2.30. The lowest BCUT2D eigenvalue weighted by atomic mass is 9.82. The van der Waals surface area contributed by atoms with E-state index in [4.69, 9.17) is 9.84 Å². The molecule has 4 rings (SSSR count). The van der Waals surface area contributed by atoms with Crippen molar-refractivity contribution in [3.63, 3.8) is 0 Å². The van der Waals surface area contributed by atoms with Crippen LogP contribution in [0.15, 0.2) is 36.7 Å². The first-order chi connectivity index (χ1) is 18.8. The van der Waals surface area contributed by atoms with E-state index in [1.54, 1.807) is 6.33 Å². The number of carbonyl (C=O) groups is 2. The van der Waals surface area contributed by atoms with Gasteiger partial charge in [-0.1, -0.05) is 68.9 Å². The maximum Gasteiger partial charge on any atom is 0.407 e. The van der Waals surface area contributed by atoms with Crippen LogP contribution in [0, 0.1) is 5.92 Å². The molecule has 0 radical (unpaired) electrons. The number of alkyl carbamates (subject to hydrolysis) is 1. The molecule has 8 heteroatoms. The van der Waals surface area contributed by atoms with Gasteiger partial charge in [-0.05, 0) is 64.4 Å². The van der Waals surface area contributed by atoms with E-state index in [0.717, 1.165) is 38.5 Å². The Kier molecular flexibility index (Phi) is 10.4. The second kappa shape index (κ2) is 13.9. The predicted octanol–water partition coefficient (Wildman–Crippen LogP) is 6.24. The molecule has 1 aromatic carbocycles. The smallest absolute Gasteiger partial charge is 0.407 e. The molecule has 2 fully saturated rings. The van der Waals surface area contributed by atoms with Crippen molar-refractivity contribution in [1.82, 2.24) is 25.0 Å². The molecule has 1 atom stereocenters. The topological polar surface area (TPSA) is 89.4 Å². The number of carbonyl (C=O) groups excluding carboxylic acids is 2. The molecule has 1 aromatic heterocycles. The van der Waals surface area contributed by atoms with Crippen LogP contribution in [0.4, 0.5) is 4.79 Å². The molecule has 2 aliphatic rings. The van der Waals surface area contributed by atoms with Gasteiger partial charge < -0.3 is 15.0 Å². The van der Waals surface area contributed by atoms with Gasteiger partial charge in [0.2, 0.25) is 5.91 Å². The third-order valence-corrected chi connectivity index (χ3v) is 8.01. The van der Waals surface area contributed by atoms with Gasteiger partial charge in [0.15, 0.2) is 5.82 Å². The summed E-state index contributed by atoms with van der Waals surface area (Å²) in [5, 5.41) is 7.84. The quantitative estimate of drug-likeness (QED) is 0.387. The number of aromatic nitrogens is 3. The van der Waals surface area contributed by atoms with E-state index in [0.29, 0.717) is 37.7 Å². The highest BCUT2D eigenvalue weighted by Gasteiger charge is 2.31. The fourth-order valence-corrected chi connectivity index (χ4v) is 6.06. The normalized spacial score (nSPS) is 17.9. The van der Waals surface area contributed by atoms with Gasteiger partial charge in [-0.25, -0.2) is 14.5 Å². The van der Waals surface area contributed by atoms with Crippen LogP contribution in [-0.4, -0.2) is 49.3 Å². The molecule has 0 bridgehead atoms. The first-order valence-electron chi connectivity index (χ1n) is 15.0. The van der Waals surface area contributed by atoms with Gasteiger partial charge in [-0.2, -0.15) is 5.10 Å². The minimum Gasteiger partial charge on any atom is -0.444 e. The number of nitrogens with one attached hydrogen (secondary N) is 1. The highest BCUT2D eigenvalue weighted by atomic mass is 16.6. The van der Waals surface area contributed by atoms with E-state index in [-0.39, 0.29) is 24.1 Å². The summed E-state index contributed by atoms with van der Waals surface area (Å²) in [6.45, 7) is 6.72. The van der Waals surface area contributed by atoms with Crippen LogP contribution < -0.4 is 5.32 Å². The zero-order valence-electron chi connectivity index (χ0n) is 24.1. The summed E-state index contributed by atoms with van der Waals surface area (Å²) in [6.07, 6.45) is 13.8. The summed E-state index contributed by atoms with van der Waals surface area (Å²) >= 11 is 0. The van der Waals surface area contributed by atoms with Crippen molar-refractivity contribution in [2.24, 2.45) is 5.92 Å². The Morgan fingerprint density at radius 1 is 1.03 bits per heavy atom. The molecule has 0 spiro atoms. The predicted molar refractivity (Wildman–Crippen MR) is 152 cm³/mol. The molecule has 214 valence electrons. The van der Waals surface area contributed by atoms with Crippen molar-refractivity contribution in [2.75, 3.05) is 0 Å². The summed E-state index contributed by atoms with van der Waals surface area (Å²) in [7, 11) is 0. The van der Waals surface area contributed by atoms with E-state index >= 15 is 0 Å². The monoisotopic (exact) mass is 537 g/mol. The average Bonchev–Trinajstić information content (AvgIpc) is 3.36. The second-order valence-corrected chi connectivity index (χ2v) is 12.3. The Morgan fingerprint density at radius 3 is 2.36 bits per heavy atom. The first kappa shape index (κ1) is 29.1. The third kappa shape index (κ3) is 9.36. The van der Waals surface area contributed by atoms with Gasteiger partial charge in [0.1, 0.15) is 11.9 Å². The molecule has 0 saturated heterocycles. The van der Waals surface area contributed by atoms with Crippen LogP contribution in [0.25, 0.3) is 0 Å². The van der Waals surface area contributed by atoms with Gasteiger partial charge in [0.05, 0.1) is 13.1 Å². The van der Waals surface area contributed by atoms with Crippen molar-refractivity contribution >= 4 is 12.0 Å². The molecule has 8 nitrogen and oxygen atoms in total. The zero-order valence-corrected chi connectivity index (χ0v) is 24.1. The summed E-state index contributed by atoms with van der Waals surface area (Å²) in [5.74, 6) is 1.20. The van der Waals surface area contributed by atoms with Crippen LogP contribution in [-0.2, 0) is 22.6 Å². The Bertz CT molecular complexity index is 1040. The highest BCUT2D eigenvalue weighted by molar-refractivity contribution is 5.76. The van der Waals surface area contributed by atoms with Gasteiger partial charge in [0, 0.05) is 18.5 Å². The lowest BCUT2D eigenvalue weighted by Gasteiger charge is -2.35. The molecule has 2 amide bonds. The molecule has 1 heterocycles. The third-order valence-electron chi connectivity index (χ3n) is 8.01. The minimum atomic E-state index is -0.550. The summed E-state index contributed by atoms with van der Waals surface area (Å²) in [5.41, 5.74) is 0.617. The van der Waals surface area contributed by atoms with Crippen LogP contribution in [0.5, 0.6) is 0 Å². The van der Waals surface area contributed by atoms with Crippen LogP contribution >= 0.6 is 0 Å². The summed E-state index contributed by atoms with van der Waals surface area (Å²) < 4.78 is 7.41. The largest absolute Gasteiger partial charge is 0.444 e. The van der Waals surface area contributed by atoms with Crippen molar-refractivity contribution < 1.29 is 14.3 Å². The fourth-order valence-electron chi connectivity index (χ4n) is 6.06. The summed E-state index contributed by atoms with van der Waals surface area (Å²) in [6, 6.07) is 10.4. The SMILES string of the molecule is CC(C)(C)OC(=O)NC(CCC(=O)N(Cc1ncn(Cc2ccccc2)n1)C1CCCCC1)C1CCCCC1. The zero-order chi connectivity index (χ0) is 27.7. The number of hydrogen-bond acceptors (Lipinski definition) is 5. The summed E-state index contributed by atoms with van der Waals surface area (Å²) in [4.78, 5) is 33.0. The number of benzene rings is 1. The van der Waals surface area contributed by atoms with Gasteiger partial charge in [-0.3, -0.25) is 4.79 Å². The standard InChI is InChI=1S/C31H47N5O3/c1-31(2,3)39-30(38)33-27(25-15-9-5-10-16-25)19-20-29(37)36(26-17-11-6-12-18-26)22-28-32-23-35(34-28)21-24-13-7-4-8-14-24/h4,7-8,13-14,23,25-27H,5-6,9-12,15-22H2,1-3H3,(H,33,38). The Labute approximate surface area is 233 Å². The van der Waals surface area contributed by atoms with Crippen LogP contribution in [0.2, 0.25) is 0 Å². The van der Waals surface area contributed by atoms with E-state index < -0.39 is 5.60 Å². The van der Waals surface area contributed by atoms with Crippen LogP contribution in [0.1, 0.15) is 109 Å². The number of hydrogen-bond donors (Lipinski definition) is 1.